The molecule has 1 atom stereocenters. The number of carbonyl (C=O) groups excluding carboxylic acids is 3. The molecule has 252 valence electrons. The quantitative estimate of drug-likeness (QED) is 0.138. The standard InChI is InChI=1S/C34H43N5O7S/c1-33(2)25-13-10-21-37(20-7-5-6-16-30(42)46-39-28(40)17-18-29(39)41)32(25)36-26(33)14-8-15-27-34(3,4)24-12-9-19-35-31(24)38(27)22-11-23-47(43,44)45/h8-10,12-15,19,21,26H,5-7,11,16-18,20,22-23H2,1-4H3,(H,43,44,45)/p+1/b14-8+,27-15-. The number of nitrogens with zero attached hydrogens (tertiary/aromatic N) is 4. The summed E-state index contributed by atoms with van der Waals surface area (Å²) < 4.78 is 34.3. The smallest absolute Gasteiger partial charge is 0.330 e. The molecular formula is C34H44N5O7S+. The van der Waals surface area contributed by atoms with E-state index in [9.17, 15) is 27.4 Å². The van der Waals surface area contributed by atoms with E-state index in [0.29, 0.717) is 18.0 Å². The molecule has 5 heterocycles. The van der Waals surface area contributed by atoms with E-state index >= 15 is 0 Å². The van der Waals surface area contributed by atoms with Crippen LogP contribution in [0.25, 0.3) is 0 Å². The van der Waals surface area contributed by atoms with Crippen LogP contribution in [0.15, 0.2) is 60.6 Å². The summed E-state index contributed by atoms with van der Waals surface area (Å²) in [6, 6.07) is 8.15. The summed E-state index contributed by atoms with van der Waals surface area (Å²) in [6.45, 7) is 9.84. The normalized spacial score (nSPS) is 20.6. The van der Waals surface area contributed by atoms with Crippen LogP contribution >= 0.6 is 0 Å². The second kappa shape index (κ2) is 13.6. The highest BCUT2D eigenvalue weighted by atomic mass is 32.2. The molecule has 0 aromatic carbocycles. The van der Waals surface area contributed by atoms with Gasteiger partial charge in [0.05, 0.1) is 24.1 Å². The Kier molecular flexibility index (Phi) is 9.88. The maximum absolute atomic E-state index is 12.1. The van der Waals surface area contributed by atoms with Gasteiger partial charge in [-0.15, -0.1) is 5.06 Å². The highest BCUT2D eigenvalue weighted by Crippen LogP contribution is 2.46. The number of unbranched alkanes of at least 4 members (excludes halogenated alkanes) is 2. The number of nitrogens with one attached hydrogen (secondary N) is 1. The van der Waals surface area contributed by atoms with Gasteiger partial charge in [-0.25, -0.2) is 14.3 Å². The first-order valence-electron chi connectivity index (χ1n) is 16.1. The fourth-order valence-corrected chi connectivity index (χ4v) is 7.11. The number of pyridine rings is 2. The molecule has 13 heteroatoms. The van der Waals surface area contributed by atoms with Crippen LogP contribution in [-0.4, -0.2) is 59.1 Å². The Balaban J connectivity index is 1.22. The molecule has 1 saturated heterocycles. The van der Waals surface area contributed by atoms with Gasteiger partial charge in [0.15, 0.2) is 0 Å². The monoisotopic (exact) mass is 666 g/mol. The zero-order chi connectivity index (χ0) is 34.0. The molecule has 1 unspecified atom stereocenters. The fourth-order valence-electron chi connectivity index (χ4n) is 6.61. The molecule has 3 aliphatic heterocycles. The zero-order valence-corrected chi connectivity index (χ0v) is 28.3. The third-order valence-electron chi connectivity index (χ3n) is 9.30. The minimum Gasteiger partial charge on any atom is -0.330 e. The predicted molar refractivity (Wildman–Crippen MR) is 176 cm³/mol. The number of carbonyl (C=O) groups is 3. The van der Waals surface area contributed by atoms with E-state index in [1.54, 1.807) is 6.20 Å². The van der Waals surface area contributed by atoms with Crippen LogP contribution in [0.4, 0.5) is 11.6 Å². The van der Waals surface area contributed by atoms with E-state index in [1.165, 1.54) is 5.56 Å². The molecular weight excluding hydrogens is 622 g/mol. The van der Waals surface area contributed by atoms with Crippen molar-refractivity contribution in [2.45, 2.75) is 96.1 Å². The van der Waals surface area contributed by atoms with Crippen molar-refractivity contribution in [2.24, 2.45) is 0 Å². The van der Waals surface area contributed by atoms with Gasteiger partial charge in [0, 0.05) is 54.1 Å². The first-order valence-corrected chi connectivity index (χ1v) is 17.7. The molecule has 2 amide bonds. The van der Waals surface area contributed by atoms with Gasteiger partial charge in [-0.1, -0.05) is 39.8 Å². The molecule has 1 fully saturated rings. The van der Waals surface area contributed by atoms with E-state index in [0.717, 1.165) is 42.3 Å². The summed E-state index contributed by atoms with van der Waals surface area (Å²) in [5, 5.41) is 4.30. The second-order valence-electron chi connectivity index (χ2n) is 13.4. The highest BCUT2D eigenvalue weighted by molar-refractivity contribution is 7.85. The van der Waals surface area contributed by atoms with E-state index in [1.807, 2.05) is 29.3 Å². The SMILES string of the molecule is CC1(C)/C(=C/C=C/C2Nc3c(ccc[n+]3CCCCCC(=O)ON3C(=O)CCC3=O)C2(C)C)N(CCCS(=O)(=O)O)c2ncccc21. The summed E-state index contributed by atoms with van der Waals surface area (Å²) in [5.74, 6) is 0.0161. The third kappa shape index (κ3) is 7.41. The molecule has 12 nitrogen and oxygen atoms in total. The van der Waals surface area contributed by atoms with Crippen LogP contribution in [-0.2, 0) is 46.7 Å². The lowest BCUT2D eigenvalue weighted by Gasteiger charge is -2.26. The minimum atomic E-state index is -4.06. The van der Waals surface area contributed by atoms with Gasteiger partial charge < -0.3 is 9.74 Å². The van der Waals surface area contributed by atoms with E-state index in [4.69, 9.17) is 4.84 Å². The average Bonchev–Trinajstić information content (AvgIpc) is 3.54. The van der Waals surface area contributed by atoms with Gasteiger partial charge in [-0.3, -0.25) is 19.5 Å². The minimum absolute atomic E-state index is 0.00627. The Bertz CT molecular complexity index is 1700. The first kappa shape index (κ1) is 34.2. The zero-order valence-electron chi connectivity index (χ0n) is 27.4. The van der Waals surface area contributed by atoms with Crippen molar-refractivity contribution < 1.29 is 36.8 Å². The number of hydrogen-bond acceptors (Lipinski definition) is 9. The summed E-state index contributed by atoms with van der Waals surface area (Å²) in [6.07, 6.45) is 12.8. The van der Waals surface area contributed by atoms with Crippen LogP contribution in [0.5, 0.6) is 0 Å². The average molecular weight is 667 g/mol. The Morgan fingerprint density at radius 3 is 2.53 bits per heavy atom. The largest absolute Gasteiger partial charge is 0.333 e. The molecule has 5 rings (SSSR count). The molecule has 3 aliphatic rings. The van der Waals surface area contributed by atoms with Crippen LogP contribution in [0, 0.1) is 0 Å². The summed E-state index contributed by atoms with van der Waals surface area (Å²) in [4.78, 5) is 47.0. The topological polar surface area (TPSA) is 150 Å². The van der Waals surface area contributed by atoms with Crippen molar-refractivity contribution in [1.82, 2.24) is 10.0 Å². The number of fused-ring (bicyclic) bond motifs is 2. The Hall–Kier alpha value is -4.10. The van der Waals surface area contributed by atoms with Crippen molar-refractivity contribution in [3.8, 4) is 0 Å². The highest BCUT2D eigenvalue weighted by Gasteiger charge is 2.45. The lowest BCUT2D eigenvalue weighted by Crippen LogP contribution is -2.37. The van der Waals surface area contributed by atoms with E-state index in [-0.39, 0.29) is 48.3 Å². The molecule has 0 aliphatic carbocycles. The van der Waals surface area contributed by atoms with Crippen molar-refractivity contribution >= 4 is 39.5 Å². The van der Waals surface area contributed by atoms with Crippen molar-refractivity contribution in [1.29, 1.82) is 0 Å². The second-order valence-corrected chi connectivity index (χ2v) is 15.0. The number of imide groups is 1. The number of hydroxylamine groups is 2. The van der Waals surface area contributed by atoms with Crippen LogP contribution in [0.1, 0.15) is 83.8 Å². The van der Waals surface area contributed by atoms with Gasteiger partial charge in [-0.05, 0) is 56.0 Å². The number of anilines is 2. The maximum atomic E-state index is 12.1. The number of aromatic nitrogens is 2. The van der Waals surface area contributed by atoms with Crippen LogP contribution in [0.2, 0.25) is 0 Å². The molecule has 2 aromatic heterocycles. The Labute approximate surface area is 276 Å². The lowest BCUT2D eigenvalue weighted by atomic mass is 9.81. The molecule has 2 aromatic rings. The molecule has 47 heavy (non-hydrogen) atoms. The van der Waals surface area contributed by atoms with Crippen molar-refractivity contribution in [3.05, 3.63) is 71.7 Å². The van der Waals surface area contributed by atoms with Crippen molar-refractivity contribution in [2.75, 3.05) is 22.5 Å². The van der Waals surface area contributed by atoms with Gasteiger partial charge in [0.2, 0.25) is 0 Å². The number of amides is 2. The van der Waals surface area contributed by atoms with Crippen LogP contribution in [0.3, 0.4) is 0 Å². The number of allylic oxidation sites excluding steroid dienone is 3. The molecule has 0 saturated carbocycles. The van der Waals surface area contributed by atoms with Gasteiger partial charge >= 0.3 is 5.97 Å². The molecule has 2 N–H and O–H groups in total. The van der Waals surface area contributed by atoms with E-state index in [2.05, 4.69) is 66.9 Å². The number of aryl methyl sites for hydroxylation is 1. The fraction of sp³-hybridized carbons (Fsp3) is 0.500. The molecule has 0 spiro atoms. The third-order valence-corrected chi connectivity index (χ3v) is 10.1. The van der Waals surface area contributed by atoms with Gasteiger partial charge in [0.1, 0.15) is 11.9 Å². The van der Waals surface area contributed by atoms with Gasteiger partial charge in [0.25, 0.3) is 27.8 Å². The lowest BCUT2D eigenvalue weighted by molar-refractivity contribution is -0.683. The Morgan fingerprint density at radius 1 is 1.09 bits per heavy atom. The molecule has 0 radical (unpaired) electrons. The summed E-state index contributed by atoms with van der Waals surface area (Å²) >= 11 is 0. The predicted octanol–water partition coefficient (Wildman–Crippen LogP) is 4.12. The van der Waals surface area contributed by atoms with Gasteiger partial charge in [-0.2, -0.15) is 8.42 Å². The van der Waals surface area contributed by atoms with Crippen molar-refractivity contribution in [3.63, 3.8) is 0 Å². The van der Waals surface area contributed by atoms with E-state index < -0.39 is 27.9 Å². The van der Waals surface area contributed by atoms with Crippen LogP contribution < -0.4 is 14.8 Å². The first-order chi connectivity index (χ1) is 22.2. The summed E-state index contributed by atoms with van der Waals surface area (Å²) in [7, 11) is -4.06. The summed E-state index contributed by atoms with van der Waals surface area (Å²) in [5.41, 5.74) is 2.72. The number of rotatable bonds is 13. The maximum Gasteiger partial charge on any atom is 0.333 e. The Morgan fingerprint density at radius 2 is 1.81 bits per heavy atom. The number of hydrogen-bond donors (Lipinski definition) is 2. The molecule has 0 bridgehead atoms.